The molecule has 0 atom stereocenters. The zero-order valence-electron chi connectivity index (χ0n) is 6.55. The van der Waals surface area contributed by atoms with E-state index in [2.05, 4.69) is 9.02 Å². The van der Waals surface area contributed by atoms with E-state index < -0.39 is 15.0 Å². The molecule has 0 amide bonds. The van der Waals surface area contributed by atoms with Crippen LogP contribution in [0.5, 0.6) is 0 Å². The third kappa shape index (κ3) is 2.42. The van der Waals surface area contributed by atoms with Crippen LogP contribution in [-0.4, -0.2) is 24.4 Å². The van der Waals surface area contributed by atoms with Crippen molar-refractivity contribution in [3.05, 3.63) is 23.1 Å². The van der Waals surface area contributed by atoms with Gasteiger partial charge >= 0.3 is 0 Å². The molecule has 0 aliphatic heterocycles. The van der Waals surface area contributed by atoms with Crippen molar-refractivity contribution in [2.24, 2.45) is 9.02 Å². The maximum absolute atomic E-state index is 10.8. The molecule has 0 saturated carbocycles. The van der Waals surface area contributed by atoms with Gasteiger partial charge in [-0.2, -0.15) is 17.4 Å². The molecule has 1 rings (SSSR count). The Hall–Kier alpha value is -0.690. The summed E-state index contributed by atoms with van der Waals surface area (Å²) in [5.41, 5.74) is 0.113. The Morgan fingerprint density at radius 3 is 2.29 bits per heavy atom. The van der Waals surface area contributed by atoms with Crippen molar-refractivity contribution < 1.29 is 13.0 Å². The predicted octanol–water partition coefficient (Wildman–Crippen LogP) is 1.52. The number of halogens is 2. The summed E-state index contributed by atoms with van der Waals surface area (Å²) in [6.45, 7) is 0. The van der Waals surface area contributed by atoms with Gasteiger partial charge in [-0.3, -0.25) is 4.55 Å². The molecule has 0 unspecified atom stereocenters. The minimum atomic E-state index is -4.38. The van der Waals surface area contributed by atoms with E-state index in [-0.39, 0.29) is 11.4 Å². The third-order valence-corrected chi connectivity index (χ3v) is 2.67. The molecule has 14 heavy (non-hydrogen) atoms. The van der Waals surface area contributed by atoms with Crippen LogP contribution < -0.4 is 0 Å². The highest BCUT2D eigenvalue weighted by molar-refractivity contribution is 7.91. The van der Waals surface area contributed by atoms with Gasteiger partial charge in [0.2, 0.25) is 0 Å². The van der Waals surface area contributed by atoms with E-state index in [0.29, 0.717) is 0 Å². The van der Waals surface area contributed by atoms with Gasteiger partial charge in [0.1, 0.15) is 4.91 Å². The Morgan fingerprint density at radius 1 is 1.21 bits per heavy atom. The number of rotatable bonds is 1. The average Bonchev–Trinajstić information content (AvgIpc) is 2.15. The first-order chi connectivity index (χ1) is 6.49. The Balaban J connectivity index is 3.31. The van der Waals surface area contributed by atoms with Crippen LogP contribution in [0.25, 0.3) is 0 Å². The number of hydrogen-bond acceptors (Lipinski definition) is 4. The molecule has 76 valence electrons. The highest BCUT2D eigenvalue weighted by Gasteiger charge is 2.22. The Bertz CT molecular complexity index is 461. The first-order valence-corrected chi connectivity index (χ1v) is 5.36. The molecule has 0 bridgehead atoms. The molecule has 8 heteroatoms. The fourth-order valence-electron chi connectivity index (χ4n) is 0.832. The van der Waals surface area contributed by atoms with Gasteiger partial charge in [-0.05, 0) is 18.2 Å². The van der Waals surface area contributed by atoms with Crippen LogP contribution in [0, 0.1) is 0 Å². The van der Waals surface area contributed by atoms with Crippen LogP contribution >= 0.6 is 23.6 Å². The van der Waals surface area contributed by atoms with E-state index in [0.717, 1.165) is 6.08 Å². The quantitative estimate of drug-likeness (QED) is 0.569. The minimum Gasteiger partial charge on any atom is -0.282 e. The fourth-order valence-corrected chi connectivity index (χ4v) is 1.78. The van der Waals surface area contributed by atoms with Gasteiger partial charge in [-0.1, -0.05) is 0 Å². The monoisotopic (exact) mass is 254 g/mol. The summed E-state index contributed by atoms with van der Waals surface area (Å²) in [6.07, 6.45) is 3.74. The van der Waals surface area contributed by atoms with Crippen LogP contribution in [0.2, 0.25) is 0 Å². The van der Waals surface area contributed by atoms with Gasteiger partial charge in [0.05, 0.1) is 11.4 Å². The van der Waals surface area contributed by atoms with Crippen LogP contribution in [-0.2, 0) is 10.1 Å². The van der Waals surface area contributed by atoms with Gasteiger partial charge in [-0.15, -0.1) is 0 Å². The van der Waals surface area contributed by atoms with Crippen molar-refractivity contribution in [1.29, 1.82) is 0 Å². The normalized spacial score (nSPS) is 22.9. The smallest absolute Gasteiger partial charge is 0.282 e. The van der Waals surface area contributed by atoms with Crippen LogP contribution in [0.1, 0.15) is 0 Å². The molecule has 0 aromatic heterocycles. The fraction of sp³-hybridized carbons (Fsp3) is 0. The number of allylic oxidation sites excluding steroid dienone is 4. The van der Waals surface area contributed by atoms with E-state index in [9.17, 15) is 8.42 Å². The topological polar surface area (TPSA) is 79.1 Å². The van der Waals surface area contributed by atoms with E-state index in [1.807, 2.05) is 0 Å². The lowest BCUT2D eigenvalue weighted by molar-refractivity contribution is 0.493. The second-order valence-electron chi connectivity index (χ2n) is 2.30. The van der Waals surface area contributed by atoms with Gasteiger partial charge in [-0.25, -0.2) is 0 Å². The van der Waals surface area contributed by atoms with Gasteiger partial charge < -0.3 is 0 Å². The highest BCUT2D eigenvalue weighted by Crippen LogP contribution is 2.14. The molecule has 0 aromatic rings. The van der Waals surface area contributed by atoms with Crippen molar-refractivity contribution in [1.82, 2.24) is 0 Å². The van der Waals surface area contributed by atoms with E-state index in [1.165, 1.54) is 12.2 Å². The SMILES string of the molecule is O=S(=O)(O)C1=CC(=N\Cl)/C=CC/1=N\Cl. The van der Waals surface area contributed by atoms with Gasteiger partial charge in [0.15, 0.2) is 0 Å². The summed E-state index contributed by atoms with van der Waals surface area (Å²) in [4.78, 5) is -0.436. The van der Waals surface area contributed by atoms with Gasteiger partial charge in [0.25, 0.3) is 10.1 Å². The maximum atomic E-state index is 10.8. The molecular weight excluding hydrogens is 251 g/mol. The predicted molar refractivity (Wildman–Crippen MR) is 55.3 cm³/mol. The zero-order valence-corrected chi connectivity index (χ0v) is 8.88. The molecule has 0 saturated heterocycles. The Morgan fingerprint density at radius 2 is 1.86 bits per heavy atom. The molecule has 0 spiro atoms. The number of nitrogens with zero attached hydrogens (tertiary/aromatic N) is 2. The highest BCUT2D eigenvalue weighted by atomic mass is 35.5. The Labute approximate surface area is 90.4 Å². The summed E-state index contributed by atoms with van der Waals surface area (Å²) in [6, 6.07) is 0. The molecule has 1 aliphatic carbocycles. The van der Waals surface area contributed by atoms with Crippen molar-refractivity contribution in [2.75, 3.05) is 0 Å². The summed E-state index contributed by atoms with van der Waals surface area (Å²) >= 11 is 10.2. The second kappa shape index (κ2) is 4.22. The molecule has 0 fully saturated rings. The molecule has 5 nitrogen and oxygen atoms in total. The summed E-state index contributed by atoms with van der Waals surface area (Å²) < 4.78 is 36.8. The standard InChI is InChI=1S/C6H4Cl2N2O3S/c7-9-4-1-2-5(10-8)6(3-4)14(11,12)13/h1-3H,(H,11,12,13)/b9-4-,10-5+. The molecule has 0 heterocycles. The second-order valence-corrected chi connectivity index (χ2v) is 4.02. The Kier molecular flexibility index (Phi) is 3.43. The van der Waals surface area contributed by atoms with E-state index in [1.54, 1.807) is 0 Å². The average molecular weight is 255 g/mol. The van der Waals surface area contributed by atoms with Crippen LogP contribution in [0.15, 0.2) is 32.2 Å². The summed E-state index contributed by atoms with van der Waals surface area (Å²) in [5.74, 6) is 0. The van der Waals surface area contributed by atoms with E-state index in [4.69, 9.17) is 28.1 Å². The summed E-state index contributed by atoms with van der Waals surface area (Å²) in [7, 11) is -4.38. The van der Waals surface area contributed by atoms with Crippen LogP contribution in [0.3, 0.4) is 0 Å². The molecular formula is C6H4Cl2N2O3S. The maximum Gasteiger partial charge on any atom is 0.296 e. The molecule has 1 aliphatic rings. The largest absolute Gasteiger partial charge is 0.296 e. The number of hydrogen-bond donors (Lipinski definition) is 1. The van der Waals surface area contributed by atoms with E-state index >= 15 is 0 Å². The first kappa shape index (κ1) is 11.4. The summed E-state index contributed by atoms with van der Waals surface area (Å²) in [5, 5.41) is 0. The zero-order chi connectivity index (χ0) is 10.8. The van der Waals surface area contributed by atoms with Crippen molar-refractivity contribution in [3.63, 3.8) is 0 Å². The molecule has 0 aromatic carbocycles. The van der Waals surface area contributed by atoms with Gasteiger partial charge in [0, 0.05) is 23.6 Å². The first-order valence-electron chi connectivity index (χ1n) is 3.24. The molecule has 1 N–H and O–H groups in total. The van der Waals surface area contributed by atoms with Crippen molar-refractivity contribution in [2.45, 2.75) is 0 Å². The van der Waals surface area contributed by atoms with Crippen LogP contribution in [0.4, 0.5) is 0 Å². The third-order valence-electron chi connectivity index (χ3n) is 1.41. The van der Waals surface area contributed by atoms with Crippen molar-refractivity contribution in [3.8, 4) is 0 Å². The molecule has 0 radical (unpaired) electrons. The van der Waals surface area contributed by atoms with Crippen molar-refractivity contribution >= 4 is 45.1 Å². The lowest BCUT2D eigenvalue weighted by Gasteiger charge is -2.06. The minimum absolute atomic E-state index is 0.0711. The lowest BCUT2D eigenvalue weighted by atomic mass is 10.1. The lowest BCUT2D eigenvalue weighted by Crippen LogP contribution is -2.15.